The number of aryl methyl sites for hydroxylation is 1. The van der Waals surface area contributed by atoms with Gasteiger partial charge in [0.15, 0.2) is 0 Å². The maximum Gasteiger partial charge on any atom is 0.259 e. The predicted octanol–water partition coefficient (Wildman–Crippen LogP) is 5.31. The first-order valence-corrected chi connectivity index (χ1v) is 14.5. The van der Waals surface area contributed by atoms with Crippen LogP contribution in [0.1, 0.15) is 80.6 Å². The van der Waals surface area contributed by atoms with Crippen molar-refractivity contribution in [2.24, 2.45) is 0 Å². The highest BCUT2D eigenvalue weighted by Crippen LogP contribution is 2.33. The van der Waals surface area contributed by atoms with E-state index in [0.717, 1.165) is 65.1 Å². The van der Waals surface area contributed by atoms with Crippen LogP contribution in [0.25, 0.3) is 16.2 Å². The lowest BCUT2D eigenvalue weighted by Gasteiger charge is -2.31. The van der Waals surface area contributed by atoms with E-state index in [1.54, 1.807) is 25.2 Å². The quantitative estimate of drug-likeness (QED) is 0.306. The van der Waals surface area contributed by atoms with Crippen molar-refractivity contribution in [1.29, 1.82) is 5.26 Å². The van der Waals surface area contributed by atoms with Crippen LogP contribution in [0.15, 0.2) is 47.5 Å². The normalized spacial score (nSPS) is 17.9. The molecule has 0 aliphatic heterocycles. The van der Waals surface area contributed by atoms with Gasteiger partial charge in [0.25, 0.3) is 5.56 Å². The number of benzene rings is 1. The Morgan fingerprint density at radius 3 is 2.67 bits per heavy atom. The van der Waals surface area contributed by atoms with Crippen molar-refractivity contribution in [3.05, 3.63) is 74.8 Å². The number of hydrogen-bond acceptors (Lipinski definition) is 7. The summed E-state index contributed by atoms with van der Waals surface area (Å²) in [4.78, 5) is 20.8. The molecule has 5 rings (SSSR count). The lowest BCUT2D eigenvalue weighted by Crippen LogP contribution is -2.36. The van der Waals surface area contributed by atoms with E-state index in [1.165, 1.54) is 6.33 Å². The monoisotopic (exact) mass is 545 g/mol. The Balaban J connectivity index is 1.47. The first kappa shape index (κ1) is 27.3. The number of rotatable bonds is 9. The SMILES string of the molecule is CCCc1c(Cc2ccc(-c3ccccc3C#N)s2)c(=O)n([C@H]2CC[C@H](OCC(C)(C)O)CC2)c2ncnn12. The molecule has 1 fully saturated rings. The van der Waals surface area contributed by atoms with Crippen LogP contribution >= 0.6 is 11.3 Å². The van der Waals surface area contributed by atoms with Crippen LogP contribution in [0, 0.1) is 11.3 Å². The number of aliphatic hydroxyl groups is 1. The van der Waals surface area contributed by atoms with Crippen LogP contribution in [0.3, 0.4) is 0 Å². The topological polar surface area (TPSA) is 105 Å². The lowest BCUT2D eigenvalue weighted by molar-refractivity contribution is -0.0654. The van der Waals surface area contributed by atoms with Gasteiger partial charge in [-0.3, -0.25) is 9.36 Å². The van der Waals surface area contributed by atoms with Crippen molar-refractivity contribution in [3.63, 3.8) is 0 Å². The molecule has 0 spiro atoms. The molecule has 204 valence electrons. The Bertz CT molecular complexity index is 1550. The van der Waals surface area contributed by atoms with Gasteiger partial charge in [-0.2, -0.15) is 15.3 Å². The molecule has 0 saturated heterocycles. The van der Waals surface area contributed by atoms with Crippen molar-refractivity contribution in [3.8, 4) is 16.5 Å². The van der Waals surface area contributed by atoms with E-state index < -0.39 is 5.60 Å². The summed E-state index contributed by atoms with van der Waals surface area (Å²) in [5, 5.41) is 24.1. The van der Waals surface area contributed by atoms with E-state index in [1.807, 2.05) is 39.4 Å². The summed E-state index contributed by atoms with van der Waals surface area (Å²) < 4.78 is 9.67. The molecule has 3 heterocycles. The molecular weight excluding hydrogens is 510 g/mol. The van der Waals surface area contributed by atoms with Gasteiger partial charge < -0.3 is 9.84 Å². The second kappa shape index (κ2) is 11.4. The van der Waals surface area contributed by atoms with Crippen molar-refractivity contribution >= 4 is 17.1 Å². The van der Waals surface area contributed by atoms with Crippen LogP contribution in [-0.4, -0.2) is 42.6 Å². The van der Waals surface area contributed by atoms with E-state index >= 15 is 0 Å². The summed E-state index contributed by atoms with van der Waals surface area (Å²) in [7, 11) is 0. The first-order chi connectivity index (χ1) is 18.8. The average Bonchev–Trinajstić information content (AvgIpc) is 3.60. The average molecular weight is 546 g/mol. The van der Waals surface area contributed by atoms with Crippen molar-refractivity contribution in [1.82, 2.24) is 19.2 Å². The van der Waals surface area contributed by atoms with E-state index in [2.05, 4.69) is 29.1 Å². The zero-order valence-electron chi connectivity index (χ0n) is 22.8. The largest absolute Gasteiger partial charge is 0.388 e. The molecule has 4 aromatic rings. The maximum absolute atomic E-state index is 14.2. The molecule has 39 heavy (non-hydrogen) atoms. The van der Waals surface area contributed by atoms with Gasteiger partial charge in [-0.05, 0) is 64.2 Å². The summed E-state index contributed by atoms with van der Waals surface area (Å²) in [6.45, 7) is 5.90. The van der Waals surface area contributed by atoms with Crippen LogP contribution in [0.5, 0.6) is 0 Å². The molecule has 0 radical (unpaired) electrons. The Morgan fingerprint density at radius 1 is 1.18 bits per heavy atom. The number of nitrogens with zero attached hydrogens (tertiary/aromatic N) is 5. The summed E-state index contributed by atoms with van der Waals surface area (Å²) in [5.41, 5.74) is 2.39. The summed E-state index contributed by atoms with van der Waals surface area (Å²) in [6, 6.07) is 14.0. The fourth-order valence-electron chi connectivity index (χ4n) is 5.46. The number of fused-ring (bicyclic) bond motifs is 1. The summed E-state index contributed by atoms with van der Waals surface area (Å²) >= 11 is 1.62. The Kier molecular flexibility index (Phi) is 7.98. The molecule has 1 aromatic carbocycles. The minimum atomic E-state index is -0.857. The standard InChI is InChI=1S/C30H35N5O3S/c1-4-7-26-25(16-23-14-15-27(39-23)24-9-6-5-8-20(24)17-31)28(36)34(29-32-19-33-35(26)29)21-10-12-22(13-11-21)38-18-30(2,3)37/h5-6,8-9,14-15,19,21-22,37H,4,7,10-13,16,18H2,1-3H3/t21-,22-. The van der Waals surface area contributed by atoms with Crippen LogP contribution in [-0.2, 0) is 17.6 Å². The molecule has 0 atom stereocenters. The first-order valence-electron chi connectivity index (χ1n) is 13.7. The highest BCUT2D eigenvalue weighted by Gasteiger charge is 2.29. The third-order valence-corrected chi connectivity index (χ3v) is 8.44. The highest BCUT2D eigenvalue weighted by atomic mass is 32.1. The molecule has 8 nitrogen and oxygen atoms in total. The van der Waals surface area contributed by atoms with E-state index in [0.29, 0.717) is 24.4 Å². The van der Waals surface area contributed by atoms with Gasteiger partial charge in [0.05, 0.1) is 35.6 Å². The zero-order valence-corrected chi connectivity index (χ0v) is 23.6. The predicted molar refractivity (Wildman–Crippen MR) is 152 cm³/mol. The number of nitriles is 1. The Labute approximate surface area is 232 Å². The Morgan fingerprint density at radius 2 is 1.95 bits per heavy atom. The van der Waals surface area contributed by atoms with Crippen LogP contribution in [0.2, 0.25) is 0 Å². The van der Waals surface area contributed by atoms with Crippen molar-refractivity contribution < 1.29 is 9.84 Å². The highest BCUT2D eigenvalue weighted by molar-refractivity contribution is 7.15. The minimum Gasteiger partial charge on any atom is -0.388 e. The Hall–Kier alpha value is -3.32. The van der Waals surface area contributed by atoms with Gasteiger partial charge in [0, 0.05) is 33.3 Å². The second-order valence-electron chi connectivity index (χ2n) is 11.0. The van der Waals surface area contributed by atoms with Crippen LogP contribution < -0.4 is 5.56 Å². The van der Waals surface area contributed by atoms with Gasteiger partial charge in [0.2, 0.25) is 5.78 Å². The van der Waals surface area contributed by atoms with Crippen LogP contribution in [0.4, 0.5) is 0 Å². The number of hydrogen-bond donors (Lipinski definition) is 1. The molecule has 1 N–H and O–H groups in total. The molecule has 3 aromatic heterocycles. The lowest BCUT2D eigenvalue weighted by atomic mass is 9.92. The smallest absolute Gasteiger partial charge is 0.259 e. The van der Waals surface area contributed by atoms with E-state index in [-0.39, 0.29) is 17.7 Å². The molecule has 0 unspecified atom stereocenters. The van der Waals surface area contributed by atoms with Crippen molar-refractivity contribution in [2.75, 3.05) is 6.61 Å². The summed E-state index contributed by atoms with van der Waals surface area (Å²) in [6.07, 6.45) is 7.01. The van der Waals surface area contributed by atoms with Gasteiger partial charge in [-0.25, -0.2) is 4.52 Å². The van der Waals surface area contributed by atoms with Gasteiger partial charge in [-0.1, -0.05) is 31.5 Å². The van der Waals surface area contributed by atoms with E-state index in [4.69, 9.17) is 4.74 Å². The molecule has 0 amide bonds. The minimum absolute atomic E-state index is 0.00665. The summed E-state index contributed by atoms with van der Waals surface area (Å²) in [5.74, 6) is 0.600. The maximum atomic E-state index is 14.2. The third kappa shape index (κ3) is 5.83. The third-order valence-electron chi connectivity index (χ3n) is 7.32. The molecule has 0 bridgehead atoms. The van der Waals surface area contributed by atoms with Gasteiger partial charge in [0.1, 0.15) is 6.33 Å². The molecular formula is C30H35N5O3S. The number of thiophene rings is 1. The van der Waals surface area contributed by atoms with Gasteiger partial charge in [-0.15, -0.1) is 11.3 Å². The fraction of sp³-hybridized carbons (Fsp3) is 0.467. The molecule has 9 heteroatoms. The number of aromatic nitrogens is 4. The zero-order chi connectivity index (χ0) is 27.6. The van der Waals surface area contributed by atoms with E-state index in [9.17, 15) is 15.2 Å². The molecule has 1 aliphatic carbocycles. The van der Waals surface area contributed by atoms with Crippen molar-refractivity contribution in [2.45, 2.75) is 83.5 Å². The number of ether oxygens (including phenoxy) is 1. The molecule has 1 saturated carbocycles. The van der Waals surface area contributed by atoms with Gasteiger partial charge >= 0.3 is 0 Å². The fourth-order valence-corrected chi connectivity index (χ4v) is 6.52. The molecule has 1 aliphatic rings. The second-order valence-corrected chi connectivity index (χ2v) is 12.1.